The summed E-state index contributed by atoms with van der Waals surface area (Å²) < 4.78 is 0. The van der Waals surface area contributed by atoms with Crippen LogP contribution in [0.25, 0.3) is 0 Å². The molecule has 1 aromatic carbocycles. The van der Waals surface area contributed by atoms with Crippen LogP contribution in [0.3, 0.4) is 0 Å². The highest BCUT2D eigenvalue weighted by Gasteiger charge is 2.04. The maximum absolute atomic E-state index is 11.3. The maximum Gasteiger partial charge on any atom is 0.250 e. The van der Waals surface area contributed by atoms with Crippen molar-refractivity contribution in [3.8, 4) is 0 Å². The van der Waals surface area contributed by atoms with E-state index >= 15 is 0 Å². The smallest absolute Gasteiger partial charge is 0.250 e. The first-order chi connectivity index (χ1) is 6.50. The molecule has 0 aliphatic carbocycles. The molecule has 1 aromatic rings. The first-order valence-electron chi connectivity index (χ1n) is 4.55. The highest BCUT2D eigenvalue weighted by Crippen LogP contribution is 2.16. The zero-order chi connectivity index (χ0) is 10.7. The van der Waals surface area contributed by atoms with E-state index < -0.39 is 0 Å². The molecular weight excluding hydrogens is 174 g/mol. The van der Waals surface area contributed by atoms with Gasteiger partial charge in [0.05, 0.1) is 0 Å². The van der Waals surface area contributed by atoms with Crippen LogP contribution in [-0.4, -0.2) is 5.91 Å². The predicted molar refractivity (Wildman–Crippen MR) is 59.4 cm³/mol. The third-order valence-corrected chi connectivity index (χ3v) is 2.02. The Hall–Kier alpha value is -1.57. The lowest BCUT2D eigenvalue weighted by atomic mass is 10.1. The summed E-state index contributed by atoms with van der Waals surface area (Å²) in [6.07, 6.45) is 0. The zero-order valence-corrected chi connectivity index (χ0v) is 8.85. The highest BCUT2D eigenvalue weighted by atomic mass is 16.1. The molecule has 14 heavy (non-hydrogen) atoms. The Balaban J connectivity index is 2.87. The number of hydrogen-bond acceptors (Lipinski definition) is 1. The van der Waals surface area contributed by atoms with Crippen molar-refractivity contribution in [3.05, 3.63) is 41.5 Å². The van der Waals surface area contributed by atoms with Gasteiger partial charge in [-0.2, -0.15) is 0 Å². The molecule has 0 atom stereocenters. The van der Waals surface area contributed by atoms with E-state index in [-0.39, 0.29) is 5.91 Å². The lowest BCUT2D eigenvalue weighted by molar-refractivity contribution is -0.112. The fourth-order valence-electron chi connectivity index (χ4n) is 1.18. The van der Waals surface area contributed by atoms with Gasteiger partial charge in [0.25, 0.3) is 5.91 Å². The standard InChI is InChI=1S/C12H15NO/c1-8(2)12(14)13-11-6-5-9(3)7-10(11)4/h5-7H,1H2,2-4H3,(H,13,14). The summed E-state index contributed by atoms with van der Waals surface area (Å²) in [5.74, 6) is -0.128. The van der Waals surface area contributed by atoms with Crippen molar-refractivity contribution in [1.82, 2.24) is 0 Å². The van der Waals surface area contributed by atoms with Gasteiger partial charge in [0, 0.05) is 11.3 Å². The van der Waals surface area contributed by atoms with Crippen molar-refractivity contribution in [1.29, 1.82) is 0 Å². The number of carbonyl (C=O) groups excluding carboxylic acids is 1. The lowest BCUT2D eigenvalue weighted by Gasteiger charge is -2.08. The van der Waals surface area contributed by atoms with Crippen LogP contribution in [0, 0.1) is 13.8 Å². The first-order valence-corrected chi connectivity index (χ1v) is 4.55. The van der Waals surface area contributed by atoms with E-state index in [1.807, 2.05) is 32.0 Å². The second-order valence-corrected chi connectivity index (χ2v) is 3.55. The van der Waals surface area contributed by atoms with E-state index in [2.05, 4.69) is 11.9 Å². The Kier molecular flexibility index (Phi) is 3.07. The Bertz CT molecular complexity index is 380. The second kappa shape index (κ2) is 4.09. The number of anilines is 1. The average Bonchev–Trinajstić information content (AvgIpc) is 2.09. The molecule has 1 N–H and O–H groups in total. The molecule has 0 aliphatic heterocycles. The van der Waals surface area contributed by atoms with E-state index in [0.29, 0.717) is 5.57 Å². The quantitative estimate of drug-likeness (QED) is 0.712. The summed E-state index contributed by atoms with van der Waals surface area (Å²) in [6, 6.07) is 5.92. The normalized spacial score (nSPS) is 9.64. The number of rotatable bonds is 2. The van der Waals surface area contributed by atoms with Crippen LogP contribution in [0.2, 0.25) is 0 Å². The van der Waals surface area contributed by atoms with Gasteiger partial charge in [-0.25, -0.2) is 0 Å². The molecular formula is C12H15NO. The maximum atomic E-state index is 11.3. The Morgan fingerprint density at radius 2 is 2.00 bits per heavy atom. The topological polar surface area (TPSA) is 29.1 Å². The predicted octanol–water partition coefficient (Wildman–Crippen LogP) is 2.82. The van der Waals surface area contributed by atoms with Gasteiger partial charge in [0.1, 0.15) is 0 Å². The number of carbonyl (C=O) groups is 1. The second-order valence-electron chi connectivity index (χ2n) is 3.55. The first kappa shape index (κ1) is 10.5. The summed E-state index contributed by atoms with van der Waals surface area (Å²) in [7, 11) is 0. The van der Waals surface area contributed by atoms with Gasteiger partial charge in [-0.3, -0.25) is 4.79 Å². The van der Waals surface area contributed by atoms with Gasteiger partial charge in [-0.15, -0.1) is 0 Å². The number of nitrogens with one attached hydrogen (secondary N) is 1. The van der Waals surface area contributed by atoms with Crippen molar-refractivity contribution in [2.45, 2.75) is 20.8 Å². The van der Waals surface area contributed by atoms with E-state index in [1.54, 1.807) is 6.92 Å². The highest BCUT2D eigenvalue weighted by molar-refractivity contribution is 6.03. The molecule has 1 rings (SSSR count). The lowest BCUT2D eigenvalue weighted by Crippen LogP contribution is -2.12. The number of amides is 1. The summed E-state index contributed by atoms with van der Waals surface area (Å²) >= 11 is 0. The summed E-state index contributed by atoms with van der Waals surface area (Å²) in [6.45, 7) is 9.28. The summed E-state index contributed by atoms with van der Waals surface area (Å²) in [5.41, 5.74) is 3.63. The van der Waals surface area contributed by atoms with Gasteiger partial charge in [0.15, 0.2) is 0 Å². The third-order valence-electron chi connectivity index (χ3n) is 2.02. The van der Waals surface area contributed by atoms with Crippen LogP contribution >= 0.6 is 0 Å². The van der Waals surface area contributed by atoms with E-state index in [9.17, 15) is 4.79 Å². The molecule has 0 radical (unpaired) electrons. The molecule has 0 bridgehead atoms. The molecule has 2 nitrogen and oxygen atoms in total. The van der Waals surface area contributed by atoms with Crippen LogP contribution in [0.1, 0.15) is 18.1 Å². The summed E-state index contributed by atoms with van der Waals surface area (Å²) in [5, 5.41) is 2.80. The van der Waals surface area contributed by atoms with E-state index in [4.69, 9.17) is 0 Å². The average molecular weight is 189 g/mol. The van der Waals surface area contributed by atoms with Gasteiger partial charge in [0.2, 0.25) is 0 Å². The van der Waals surface area contributed by atoms with Crippen molar-refractivity contribution in [2.75, 3.05) is 5.32 Å². The summed E-state index contributed by atoms with van der Waals surface area (Å²) in [4.78, 5) is 11.3. The molecule has 0 fully saturated rings. The molecule has 2 heteroatoms. The zero-order valence-electron chi connectivity index (χ0n) is 8.85. The molecule has 0 aromatic heterocycles. The van der Waals surface area contributed by atoms with Gasteiger partial charge in [-0.05, 0) is 32.4 Å². The van der Waals surface area contributed by atoms with Crippen LogP contribution < -0.4 is 5.32 Å². The minimum absolute atomic E-state index is 0.128. The molecule has 0 aliphatic rings. The molecule has 0 unspecified atom stereocenters. The van der Waals surface area contributed by atoms with Crippen LogP contribution in [0.5, 0.6) is 0 Å². The largest absolute Gasteiger partial charge is 0.322 e. The van der Waals surface area contributed by atoms with Crippen molar-refractivity contribution in [2.24, 2.45) is 0 Å². The van der Waals surface area contributed by atoms with Crippen molar-refractivity contribution >= 4 is 11.6 Å². The Labute approximate surface area is 84.6 Å². The Morgan fingerprint density at radius 1 is 1.36 bits per heavy atom. The SMILES string of the molecule is C=C(C)C(=O)Nc1ccc(C)cc1C. The molecule has 74 valence electrons. The Morgan fingerprint density at radius 3 is 2.50 bits per heavy atom. The minimum Gasteiger partial charge on any atom is -0.322 e. The molecule has 1 amide bonds. The van der Waals surface area contributed by atoms with Crippen LogP contribution in [0.15, 0.2) is 30.4 Å². The van der Waals surface area contributed by atoms with Crippen molar-refractivity contribution in [3.63, 3.8) is 0 Å². The van der Waals surface area contributed by atoms with Crippen LogP contribution in [0.4, 0.5) is 5.69 Å². The monoisotopic (exact) mass is 189 g/mol. The van der Waals surface area contributed by atoms with E-state index in [1.165, 1.54) is 5.56 Å². The molecule has 0 spiro atoms. The van der Waals surface area contributed by atoms with E-state index in [0.717, 1.165) is 11.3 Å². The minimum atomic E-state index is -0.128. The fourth-order valence-corrected chi connectivity index (χ4v) is 1.18. The number of hydrogen-bond donors (Lipinski definition) is 1. The fraction of sp³-hybridized carbons (Fsp3) is 0.250. The van der Waals surface area contributed by atoms with Crippen LogP contribution in [-0.2, 0) is 4.79 Å². The molecule has 0 saturated heterocycles. The van der Waals surface area contributed by atoms with Gasteiger partial charge >= 0.3 is 0 Å². The molecule has 0 heterocycles. The number of benzene rings is 1. The van der Waals surface area contributed by atoms with Gasteiger partial charge in [-0.1, -0.05) is 24.3 Å². The number of aryl methyl sites for hydroxylation is 2. The van der Waals surface area contributed by atoms with Crippen molar-refractivity contribution < 1.29 is 4.79 Å². The van der Waals surface area contributed by atoms with Gasteiger partial charge < -0.3 is 5.32 Å². The third kappa shape index (κ3) is 2.46. The molecule has 0 saturated carbocycles.